The Morgan fingerprint density at radius 3 is 2.28 bits per heavy atom. The van der Waals surface area contributed by atoms with E-state index in [1.807, 2.05) is 86.6 Å². The molecule has 4 heteroatoms. The van der Waals surface area contributed by atoms with Crippen LogP contribution in [-0.2, 0) is 6.54 Å². The summed E-state index contributed by atoms with van der Waals surface area (Å²) in [5, 5.41) is 6.28. The second-order valence-electron chi connectivity index (χ2n) is 6.94. The first-order valence-corrected chi connectivity index (χ1v) is 9.79. The SMILES string of the molecule is C=C(C)c1cccc(CN(C(=O)NCC)c2ccc(Nc3ccccc3)cc2)c1. The summed E-state index contributed by atoms with van der Waals surface area (Å²) in [6, 6.07) is 25.9. The fourth-order valence-corrected chi connectivity index (χ4v) is 3.06. The van der Waals surface area contributed by atoms with Crippen molar-refractivity contribution in [1.29, 1.82) is 0 Å². The Balaban J connectivity index is 1.82. The molecule has 3 aromatic rings. The number of allylic oxidation sites excluding steroid dienone is 1. The third-order valence-corrected chi connectivity index (χ3v) is 4.58. The molecule has 2 amide bonds. The molecule has 0 unspecified atom stereocenters. The lowest BCUT2D eigenvalue weighted by atomic mass is 10.1. The van der Waals surface area contributed by atoms with Gasteiger partial charge in [0, 0.05) is 23.6 Å². The van der Waals surface area contributed by atoms with Crippen LogP contribution < -0.4 is 15.5 Å². The summed E-state index contributed by atoms with van der Waals surface area (Å²) < 4.78 is 0. The maximum Gasteiger partial charge on any atom is 0.322 e. The summed E-state index contributed by atoms with van der Waals surface area (Å²) in [7, 11) is 0. The Bertz CT molecular complexity index is 965. The molecule has 2 N–H and O–H groups in total. The summed E-state index contributed by atoms with van der Waals surface area (Å²) in [5.74, 6) is 0. The Morgan fingerprint density at radius 1 is 0.931 bits per heavy atom. The lowest BCUT2D eigenvalue weighted by Crippen LogP contribution is -2.39. The van der Waals surface area contributed by atoms with Crippen LogP contribution in [0, 0.1) is 0 Å². The molecule has 3 aromatic carbocycles. The van der Waals surface area contributed by atoms with E-state index in [4.69, 9.17) is 0 Å². The van der Waals surface area contributed by atoms with E-state index < -0.39 is 0 Å². The number of amides is 2. The molecular weight excluding hydrogens is 358 g/mol. The molecule has 0 spiro atoms. The van der Waals surface area contributed by atoms with Gasteiger partial charge >= 0.3 is 6.03 Å². The monoisotopic (exact) mass is 385 g/mol. The summed E-state index contributed by atoms with van der Waals surface area (Å²) in [4.78, 5) is 14.5. The molecule has 0 fully saturated rings. The maximum absolute atomic E-state index is 12.7. The zero-order valence-corrected chi connectivity index (χ0v) is 17.0. The molecule has 0 aliphatic carbocycles. The van der Waals surface area contributed by atoms with E-state index in [-0.39, 0.29) is 6.03 Å². The van der Waals surface area contributed by atoms with Gasteiger partial charge in [-0.2, -0.15) is 0 Å². The Labute approximate surface area is 172 Å². The lowest BCUT2D eigenvalue weighted by molar-refractivity contribution is 0.246. The van der Waals surface area contributed by atoms with Gasteiger partial charge < -0.3 is 10.6 Å². The van der Waals surface area contributed by atoms with Crippen molar-refractivity contribution in [3.8, 4) is 0 Å². The summed E-state index contributed by atoms with van der Waals surface area (Å²) in [6.07, 6.45) is 0. The van der Waals surface area contributed by atoms with Crippen molar-refractivity contribution in [2.45, 2.75) is 20.4 Å². The first-order chi connectivity index (χ1) is 14.1. The van der Waals surface area contributed by atoms with Crippen LogP contribution in [0.15, 0.2) is 85.4 Å². The number of urea groups is 1. The van der Waals surface area contributed by atoms with Gasteiger partial charge in [-0.3, -0.25) is 4.90 Å². The van der Waals surface area contributed by atoms with Crippen molar-refractivity contribution < 1.29 is 4.79 Å². The highest BCUT2D eigenvalue weighted by molar-refractivity contribution is 5.92. The molecule has 3 rings (SSSR count). The van der Waals surface area contributed by atoms with Gasteiger partial charge in [-0.1, -0.05) is 48.6 Å². The average Bonchev–Trinajstić information content (AvgIpc) is 2.74. The summed E-state index contributed by atoms with van der Waals surface area (Å²) in [5.41, 5.74) is 5.99. The van der Waals surface area contributed by atoms with E-state index in [1.165, 1.54) is 0 Å². The van der Waals surface area contributed by atoms with Gasteiger partial charge in [0.1, 0.15) is 0 Å². The second-order valence-corrected chi connectivity index (χ2v) is 6.94. The molecule has 0 atom stereocenters. The van der Waals surface area contributed by atoms with Crippen molar-refractivity contribution in [3.63, 3.8) is 0 Å². The van der Waals surface area contributed by atoms with Crippen molar-refractivity contribution in [2.24, 2.45) is 0 Å². The molecule has 0 aliphatic heterocycles. The predicted molar refractivity (Wildman–Crippen MR) is 123 cm³/mol. The predicted octanol–water partition coefficient (Wildman–Crippen LogP) is 6.20. The summed E-state index contributed by atoms with van der Waals surface area (Å²) >= 11 is 0. The highest BCUT2D eigenvalue weighted by Gasteiger charge is 2.16. The average molecular weight is 386 g/mol. The minimum atomic E-state index is -0.114. The number of anilines is 3. The van der Waals surface area contributed by atoms with Crippen LogP contribution in [-0.4, -0.2) is 12.6 Å². The first-order valence-electron chi connectivity index (χ1n) is 9.79. The molecule has 0 aromatic heterocycles. The first kappa shape index (κ1) is 20.2. The van der Waals surface area contributed by atoms with Gasteiger partial charge in [0.25, 0.3) is 0 Å². The molecule has 0 bridgehead atoms. The van der Waals surface area contributed by atoms with Crippen molar-refractivity contribution in [1.82, 2.24) is 5.32 Å². The number of nitrogens with one attached hydrogen (secondary N) is 2. The highest BCUT2D eigenvalue weighted by atomic mass is 16.2. The van der Waals surface area contributed by atoms with Gasteiger partial charge in [-0.25, -0.2) is 4.79 Å². The molecular formula is C25H27N3O. The van der Waals surface area contributed by atoms with Crippen molar-refractivity contribution in [2.75, 3.05) is 16.8 Å². The molecule has 0 radical (unpaired) electrons. The number of hydrogen-bond donors (Lipinski definition) is 2. The molecule has 0 saturated carbocycles. The molecule has 0 aliphatic rings. The smallest absolute Gasteiger partial charge is 0.322 e. The third kappa shape index (κ3) is 5.48. The Kier molecular flexibility index (Phi) is 6.69. The fourth-order valence-electron chi connectivity index (χ4n) is 3.06. The molecule has 0 heterocycles. The van der Waals surface area contributed by atoms with Crippen molar-refractivity contribution >= 4 is 28.7 Å². The molecule has 29 heavy (non-hydrogen) atoms. The zero-order valence-electron chi connectivity index (χ0n) is 17.0. The van der Waals surface area contributed by atoms with Gasteiger partial charge in [-0.05, 0) is 67.4 Å². The van der Waals surface area contributed by atoms with E-state index in [2.05, 4.69) is 23.3 Å². The minimum Gasteiger partial charge on any atom is -0.356 e. The number of rotatable bonds is 7. The zero-order chi connectivity index (χ0) is 20.6. The van der Waals surface area contributed by atoms with Gasteiger partial charge in [0.05, 0.1) is 6.54 Å². The van der Waals surface area contributed by atoms with E-state index in [0.717, 1.165) is 33.8 Å². The van der Waals surface area contributed by atoms with E-state index in [1.54, 1.807) is 4.90 Å². The maximum atomic E-state index is 12.7. The minimum absolute atomic E-state index is 0.114. The molecule has 4 nitrogen and oxygen atoms in total. The van der Waals surface area contributed by atoms with Crippen LogP contribution in [0.4, 0.5) is 21.9 Å². The largest absolute Gasteiger partial charge is 0.356 e. The molecule has 148 valence electrons. The summed E-state index contributed by atoms with van der Waals surface area (Å²) in [6.45, 7) is 8.98. The van der Waals surface area contributed by atoms with Crippen LogP contribution in [0.3, 0.4) is 0 Å². The van der Waals surface area contributed by atoms with Gasteiger partial charge in [0.15, 0.2) is 0 Å². The number of carbonyl (C=O) groups is 1. The Morgan fingerprint density at radius 2 is 1.62 bits per heavy atom. The number of para-hydroxylation sites is 1. The molecule has 0 saturated heterocycles. The lowest BCUT2D eigenvalue weighted by Gasteiger charge is -2.24. The van der Waals surface area contributed by atoms with Crippen LogP contribution in [0.5, 0.6) is 0 Å². The number of carbonyl (C=O) groups excluding carboxylic acids is 1. The van der Waals surface area contributed by atoms with E-state index in [9.17, 15) is 4.79 Å². The standard InChI is InChI=1S/C25H27N3O/c1-4-26-25(29)28(18-20-9-8-10-21(17-20)19(2)3)24-15-13-23(14-16-24)27-22-11-6-5-7-12-22/h5-17,27H,2,4,18H2,1,3H3,(H,26,29). The third-order valence-electron chi connectivity index (χ3n) is 4.58. The quantitative estimate of drug-likeness (QED) is 0.508. The van der Waals surface area contributed by atoms with Crippen LogP contribution in [0.25, 0.3) is 5.57 Å². The van der Waals surface area contributed by atoms with E-state index in [0.29, 0.717) is 13.1 Å². The van der Waals surface area contributed by atoms with Crippen LogP contribution in [0.1, 0.15) is 25.0 Å². The van der Waals surface area contributed by atoms with Crippen LogP contribution >= 0.6 is 0 Å². The fraction of sp³-hybridized carbons (Fsp3) is 0.160. The number of hydrogen-bond acceptors (Lipinski definition) is 2. The van der Waals surface area contributed by atoms with E-state index >= 15 is 0 Å². The topological polar surface area (TPSA) is 44.4 Å². The van der Waals surface area contributed by atoms with Gasteiger partial charge in [-0.15, -0.1) is 0 Å². The van der Waals surface area contributed by atoms with Gasteiger partial charge in [0.2, 0.25) is 0 Å². The van der Waals surface area contributed by atoms with Crippen LogP contribution in [0.2, 0.25) is 0 Å². The van der Waals surface area contributed by atoms with Crippen molar-refractivity contribution in [3.05, 3.63) is 96.6 Å². The number of nitrogens with zero attached hydrogens (tertiary/aromatic N) is 1. The normalized spacial score (nSPS) is 10.3. The number of benzene rings is 3. The Hall–Kier alpha value is -3.53. The highest BCUT2D eigenvalue weighted by Crippen LogP contribution is 2.23. The second kappa shape index (κ2) is 9.60.